The molecule has 7 heteroatoms. The third-order valence-electron chi connectivity index (χ3n) is 4.11. The van der Waals surface area contributed by atoms with Gasteiger partial charge in [-0.3, -0.25) is 9.59 Å². The number of amides is 1. The molecular formula is C24H20N2O5. The number of hydrazone groups is 1. The van der Waals surface area contributed by atoms with Gasteiger partial charge in [-0.2, -0.15) is 5.10 Å². The van der Waals surface area contributed by atoms with Crippen LogP contribution in [0.5, 0.6) is 11.5 Å². The molecule has 31 heavy (non-hydrogen) atoms. The molecule has 3 aromatic carbocycles. The number of carbonyl (C=O) groups is 3. The van der Waals surface area contributed by atoms with Gasteiger partial charge >= 0.3 is 11.9 Å². The van der Waals surface area contributed by atoms with E-state index in [4.69, 9.17) is 9.47 Å². The molecule has 0 heterocycles. The molecule has 0 radical (unpaired) electrons. The van der Waals surface area contributed by atoms with Crippen LogP contribution in [-0.4, -0.2) is 24.1 Å². The lowest BCUT2D eigenvalue weighted by Crippen LogP contribution is -2.17. The highest BCUT2D eigenvalue weighted by molar-refractivity contribution is 5.95. The number of carbonyl (C=O) groups excluding carboxylic acids is 3. The lowest BCUT2D eigenvalue weighted by atomic mass is 10.1. The van der Waals surface area contributed by atoms with Crippen LogP contribution in [-0.2, 0) is 4.79 Å². The van der Waals surface area contributed by atoms with E-state index < -0.39 is 11.9 Å². The Labute approximate surface area is 179 Å². The van der Waals surface area contributed by atoms with E-state index in [0.29, 0.717) is 16.9 Å². The molecule has 156 valence electrons. The molecule has 0 fully saturated rings. The van der Waals surface area contributed by atoms with Gasteiger partial charge in [0.25, 0.3) is 5.91 Å². The second-order valence-electron chi connectivity index (χ2n) is 6.62. The maximum atomic E-state index is 12.4. The lowest BCUT2D eigenvalue weighted by molar-refractivity contribution is -0.131. The van der Waals surface area contributed by atoms with Gasteiger partial charge in [0.1, 0.15) is 17.1 Å². The Morgan fingerprint density at radius 2 is 1.65 bits per heavy atom. The predicted molar refractivity (Wildman–Crippen MR) is 115 cm³/mol. The molecule has 1 N–H and O–H groups in total. The van der Waals surface area contributed by atoms with Crippen LogP contribution in [0.4, 0.5) is 0 Å². The largest absolute Gasteiger partial charge is 0.426 e. The lowest BCUT2D eigenvalue weighted by Gasteiger charge is -2.08. The molecule has 3 rings (SSSR count). The number of nitrogens with one attached hydrogen (secondary N) is 1. The standard InChI is InChI=1S/C24H20N2O5/c1-16-6-5-7-19(14-16)23(28)26-25-15-18-10-12-20(13-11-18)31-24(29)21-8-3-4-9-22(21)30-17(2)27/h3-15H,1-2H3,(H,26,28)/b25-15-. The fourth-order valence-electron chi connectivity index (χ4n) is 2.68. The highest BCUT2D eigenvalue weighted by Crippen LogP contribution is 2.21. The smallest absolute Gasteiger partial charge is 0.347 e. The van der Waals surface area contributed by atoms with Crippen molar-refractivity contribution in [2.24, 2.45) is 5.10 Å². The molecule has 0 aliphatic rings. The van der Waals surface area contributed by atoms with E-state index in [1.807, 2.05) is 13.0 Å². The monoisotopic (exact) mass is 416 g/mol. The molecule has 7 nitrogen and oxygen atoms in total. The van der Waals surface area contributed by atoms with Crippen LogP contribution in [0, 0.1) is 6.92 Å². The molecule has 0 spiro atoms. The van der Waals surface area contributed by atoms with E-state index in [-0.39, 0.29) is 17.2 Å². The van der Waals surface area contributed by atoms with Crippen molar-refractivity contribution in [1.82, 2.24) is 5.43 Å². The molecule has 0 unspecified atom stereocenters. The van der Waals surface area contributed by atoms with Crippen molar-refractivity contribution in [3.63, 3.8) is 0 Å². The minimum atomic E-state index is -0.649. The van der Waals surface area contributed by atoms with E-state index in [1.165, 1.54) is 25.3 Å². The maximum absolute atomic E-state index is 12.4. The van der Waals surface area contributed by atoms with Crippen molar-refractivity contribution in [1.29, 1.82) is 0 Å². The zero-order valence-corrected chi connectivity index (χ0v) is 17.0. The zero-order valence-electron chi connectivity index (χ0n) is 17.0. The second-order valence-corrected chi connectivity index (χ2v) is 6.62. The number of aryl methyl sites for hydroxylation is 1. The maximum Gasteiger partial charge on any atom is 0.347 e. The van der Waals surface area contributed by atoms with Gasteiger partial charge in [0.05, 0.1) is 6.21 Å². The summed E-state index contributed by atoms with van der Waals surface area (Å²) < 4.78 is 10.4. The summed E-state index contributed by atoms with van der Waals surface area (Å²) in [7, 11) is 0. The van der Waals surface area contributed by atoms with Gasteiger partial charge < -0.3 is 9.47 Å². The fourth-order valence-corrected chi connectivity index (χ4v) is 2.68. The van der Waals surface area contributed by atoms with Crippen LogP contribution >= 0.6 is 0 Å². The molecule has 0 aromatic heterocycles. The van der Waals surface area contributed by atoms with E-state index >= 15 is 0 Å². The molecule has 0 aliphatic heterocycles. The van der Waals surface area contributed by atoms with Gasteiger partial charge in [0, 0.05) is 12.5 Å². The normalized spacial score (nSPS) is 10.5. The number of esters is 2. The number of hydrogen-bond acceptors (Lipinski definition) is 6. The quantitative estimate of drug-likeness (QED) is 0.285. The molecule has 3 aromatic rings. The van der Waals surface area contributed by atoms with Gasteiger partial charge in [0.15, 0.2) is 0 Å². The first-order chi connectivity index (χ1) is 14.9. The van der Waals surface area contributed by atoms with Crippen molar-refractivity contribution in [2.75, 3.05) is 0 Å². The predicted octanol–water partition coefficient (Wildman–Crippen LogP) is 3.90. The van der Waals surface area contributed by atoms with E-state index in [9.17, 15) is 14.4 Å². The third kappa shape index (κ3) is 6.11. The summed E-state index contributed by atoms with van der Waals surface area (Å²) >= 11 is 0. The van der Waals surface area contributed by atoms with Gasteiger partial charge in [-0.05, 0) is 61.0 Å². The summed E-state index contributed by atoms with van der Waals surface area (Å²) in [6.45, 7) is 3.16. The summed E-state index contributed by atoms with van der Waals surface area (Å²) in [6.07, 6.45) is 1.48. The minimum Gasteiger partial charge on any atom is -0.426 e. The van der Waals surface area contributed by atoms with Crippen molar-refractivity contribution < 1.29 is 23.9 Å². The molecule has 0 atom stereocenters. The summed E-state index contributed by atoms with van der Waals surface area (Å²) in [4.78, 5) is 35.7. The summed E-state index contributed by atoms with van der Waals surface area (Å²) in [5.74, 6) is -1.05. The fraction of sp³-hybridized carbons (Fsp3) is 0.0833. The molecule has 0 saturated carbocycles. The SMILES string of the molecule is CC(=O)Oc1ccccc1C(=O)Oc1ccc(/C=N\NC(=O)c2cccc(C)c2)cc1. The average molecular weight is 416 g/mol. The van der Waals surface area contributed by atoms with E-state index in [0.717, 1.165) is 5.56 Å². The van der Waals surface area contributed by atoms with Crippen molar-refractivity contribution in [3.05, 3.63) is 95.1 Å². The Bertz CT molecular complexity index is 1140. The average Bonchev–Trinajstić information content (AvgIpc) is 2.75. The topological polar surface area (TPSA) is 94.1 Å². The van der Waals surface area contributed by atoms with Crippen LogP contribution in [0.2, 0.25) is 0 Å². The van der Waals surface area contributed by atoms with Crippen molar-refractivity contribution in [3.8, 4) is 11.5 Å². The number of nitrogens with zero attached hydrogens (tertiary/aromatic N) is 1. The van der Waals surface area contributed by atoms with Crippen molar-refractivity contribution >= 4 is 24.1 Å². The summed E-state index contributed by atoms with van der Waals surface area (Å²) in [5, 5.41) is 3.94. The molecule has 1 amide bonds. The first kappa shape index (κ1) is 21.4. The second kappa shape index (κ2) is 9.98. The Balaban J connectivity index is 1.60. The zero-order chi connectivity index (χ0) is 22.2. The summed E-state index contributed by atoms with van der Waals surface area (Å²) in [6, 6.07) is 20.1. The van der Waals surface area contributed by atoms with Gasteiger partial charge in [-0.15, -0.1) is 0 Å². The first-order valence-corrected chi connectivity index (χ1v) is 9.42. The number of hydrogen-bond donors (Lipinski definition) is 1. The van der Waals surface area contributed by atoms with Crippen LogP contribution in [0.25, 0.3) is 0 Å². The summed E-state index contributed by atoms with van der Waals surface area (Å²) in [5.41, 5.74) is 4.81. The number of ether oxygens (including phenoxy) is 2. The Morgan fingerprint density at radius 1 is 0.903 bits per heavy atom. The number of para-hydroxylation sites is 1. The van der Waals surface area contributed by atoms with Crippen LogP contribution in [0.15, 0.2) is 77.9 Å². The Morgan fingerprint density at radius 3 is 2.35 bits per heavy atom. The molecule has 0 aliphatic carbocycles. The minimum absolute atomic E-state index is 0.133. The van der Waals surface area contributed by atoms with Crippen molar-refractivity contribution in [2.45, 2.75) is 13.8 Å². The first-order valence-electron chi connectivity index (χ1n) is 9.42. The third-order valence-corrected chi connectivity index (χ3v) is 4.11. The van der Waals surface area contributed by atoms with E-state index in [1.54, 1.807) is 54.6 Å². The highest BCUT2D eigenvalue weighted by atomic mass is 16.5. The van der Waals surface area contributed by atoms with E-state index in [2.05, 4.69) is 10.5 Å². The van der Waals surface area contributed by atoms with Crippen LogP contribution in [0.1, 0.15) is 38.8 Å². The molecule has 0 saturated heterocycles. The Hall–Kier alpha value is -4.26. The van der Waals surface area contributed by atoms with Gasteiger partial charge in [-0.25, -0.2) is 10.2 Å². The number of rotatable bonds is 6. The van der Waals surface area contributed by atoms with Crippen LogP contribution in [0.3, 0.4) is 0 Å². The Kier molecular flexibility index (Phi) is 6.90. The van der Waals surface area contributed by atoms with Crippen LogP contribution < -0.4 is 14.9 Å². The van der Waals surface area contributed by atoms with Gasteiger partial charge in [-0.1, -0.05) is 29.8 Å². The number of benzene rings is 3. The van der Waals surface area contributed by atoms with Gasteiger partial charge in [0.2, 0.25) is 0 Å². The highest BCUT2D eigenvalue weighted by Gasteiger charge is 2.15. The molecule has 0 bridgehead atoms. The molecular weight excluding hydrogens is 396 g/mol.